The molecule has 1 aliphatic heterocycles. The van der Waals surface area contributed by atoms with E-state index in [4.69, 9.17) is 0 Å². The van der Waals surface area contributed by atoms with E-state index >= 15 is 0 Å². The first kappa shape index (κ1) is 23.0. The van der Waals surface area contributed by atoms with Crippen molar-refractivity contribution in [1.82, 2.24) is 10.6 Å². The van der Waals surface area contributed by atoms with Gasteiger partial charge in [-0.1, -0.05) is 18.2 Å². The molecule has 0 bridgehead atoms. The van der Waals surface area contributed by atoms with E-state index in [-0.39, 0.29) is 29.7 Å². The zero-order valence-corrected chi connectivity index (χ0v) is 19.8. The standard InChI is InChI=1S/C19H26N4O2S2.HI/c1-20-19(21-11-15-27(24,25)17-6-3-2-4-7-17)22-16-9-12-23(13-10-16)18-8-5-14-26-18;/h2-8,14,16H,9-13,15H2,1H3,(H2,20,21,22);1H. The van der Waals surface area contributed by atoms with E-state index < -0.39 is 9.84 Å². The number of sulfone groups is 1. The monoisotopic (exact) mass is 534 g/mol. The lowest BCUT2D eigenvalue weighted by Gasteiger charge is -2.33. The summed E-state index contributed by atoms with van der Waals surface area (Å²) in [6, 6.07) is 13.1. The van der Waals surface area contributed by atoms with Gasteiger partial charge in [-0.15, -0.1) is 35.3 Å². The zero-order chi connectivity index (χ0) is 19.1. The maximum absolute atomic E-state index is 12.3. The number of thiophene rings is 1. The molecule has 28 heavy (non-hydrogen) atoms. The summed E-state index contributed by atoms with van der Waals surface area (Å²) in [7, 11) is -1.57. The maximum Gasteiger partial charge on any atom is 0.191 e. The summed E-state index contributed by atoms with van der Waals surface area (Å²) < 4.78 is 24.7. The third-order valence-corrected chi connectivity index (χ3v) is 7.30. The summed E-state index contributed by atoms with van der Waals surface area (Å²) >= 11 is 1.77. The van der Waals surface area contributed by atoms with Gasteiger partial charge < -0.3 is 15.5 Å². The molecule has 1 saturated heterocycles. The van der Waals surface area contributed by atoms with Gasteiger partial charge in [0.05, 0.1) is 15.6 Å². The van der Waals surface area contributed by atoms with Crippen LogP contribution in [0, 0.1) is 0 Å². The summed E-state index contributed by atoms with van der Waals surface area (Å²) in [4.78, 5) is 7.00. The normalized spacial score (nSPS) is 15.8. The average Bonchev–Trinajstić information content (AvgIpc) is 3.23. The summed E-state index contributed by atoms with van der Waals surface area (Å²) in [5, 5.41) is 9.98. The predicted molar refractivity (Wildman–Crippen MR) is 128 cm³/mol. The van der Waals surface area contributed by atoms with Gasteiger partial charge in [-0.25, -0.2) is 8.42 Å². The molecule has 2 N–H and O–H groups in total. The molecule has 3 rings (SSSR count). The number of hydrogen-bond donors (Lipinski definition) is 2. The molecule has 0 saturated carbocycles. The van der Waals surface area contributed by atoms with Gasteiger partial charge in [0.25, 0.3) is 0 Å². The lowest BCUT2D eigenvalue weighted by molar-refractivity contribution is 0.463. The summed E-state index contributed by atoms with van der Waals surface area (Å²) in [6.07, 6.45) is 2.06. The fraction of sp³-hybridized carbons (Fsp3) is 0.421. The SMILES string of the molecule is CN=C(NCCS(=O)(=O)c1ccccc1)NC1CCN(c2cccs2)CC1.I. The molecule has 0 radical (unpaired) electrons. The van der Waals surface area contributed by atoms with E-state index in [2.05, 4.69) is 38.0 Å². The van der Waals surface area contributed by atoms with Gasteiger partial charge in [0.1, 0.15) is 0 Å². The maximum atomic E-state index is 12.3. The Labute approximate surface area is 188 Å². The van der Waals surface area contributed by atoms with Crippen LogP contribution in [0.1, 0.15) is 12.8 Å². The first-order chi connectivity index (χ1) is 13.1. The summed E-state index contributed by atoms with van der Waals surface area (Å²) in [6.45, 7) is 2.35. The Balaban J connectivity index is 0.00000280. The molecule has 0 atom stereocenters. The number of halogens is 1. The van der Waals surface area contributed by atoms with Crippen molar-refractivity contribution < 1.29 is 8.42 Å². The molecule has 2 heterocycles. The summed E-state index contributed by atoms with van der Waals surface area (Å²) in [5.41, 5.74) is 0. The van der Waals surface area contributed by atoms with Gasteiger partial charge in [0, 0.05) is 32.7 Å². The van der Waals surface area contributed by atoms with E-state index in [1.165, 1.54) is 5.00 Å². The molecule has 2 aromatic rings. The van der Waals surface area contributed by atoms with Gasteiger partial charge in [-0.05, 0) is 42.5 Å². The Morgan fingerprint density at radius 1 is 1.18 bits per heavy atom. The smallest absolute Gasteiger partial charge is 0.191 e. The number of nitrogens with one attached hydrogen (secondary N) is 2. The number of aliphatic imine (C=N–C) groups is 1. The second-order valence-electron chi connectivity index (χ2n) is 6.49. The third-order valence-electron chi connectivity index (χ3n) is 4.64. The van der Waals surface area contributed by atoms with Crippen molar-refractivity contribution in [2.75, 3.05) is 37.3 Å². The lowest BCUT2D eigenvalue weighted by Crippen LogP contribution is -2.49. The average molecular weight is 534 g/mol. The highest BCUT2D eigenvalue weighted by molar-refractivity contribution is 14.0. The predicted octanol–water partition coefficient (Wildman–Crippen LogP) is 2.97. The van der Waals surface area contributed by atoms with Crippen LogP contribution in [0.15, 0.2) is 57.7 Å². The number of nitrogens with zero attached hydrogens (tertiary/aromatic N) is 2. The Bertz CT molecular complexity index is 834. The highest BCUT2D eigenvalue weighted by Crippen LogP contribution is 2.24. The topological polar surface area (TPSA) is 73.8 Å². The minimum Gasteiger partial charge on any atom is -0.363 e. The first-order valence-electron chi connectivity index (χ1n) is 9.12. The highest BCUT2D eigenvalue weighted by atomic mass is 127. The number of hydrogen-bond acceptors (Lipinski definition) is 5. The van der Waals surface area contributed by atoms with Crippen molar-refractivity contribution in [2.45, 2.75) is 23.8 Å². The van der Waals surface area contributed by atoms with E-state index in [1.807, 2.05) is 6.07 Å². The van der Waals surface area contributed by atoms with E-state index in [1.54, 1.807) is 42.6 Å². The zero-order valence-electron chi connectivity index (χ0n) is 15.9. The molecule has 0 spiro atoms. The molecule has 0 amide bonds. The molecule has 1 fully saturated rings. The van der Waals surface area contributed by atoms with Crippen molar-refractivity contribution in [2.24, 2.45) is 4.99 Å². The fourth-order valence-corrected chi connectivity index (χ4v) is 5.10. The van der Waals surface area contributed by atoms with E-state index in [0.29, 0.717) is 23.4 Å². The van der Waals surface area contributed by atoms with Crippen LogP contribution < -0.4 is 15.5 Å². The van der Waals surface area contributed by atoms with Crippen molar-refractivity contribution in [1.29, 1.82) is 0 Å². The van der Waals surface area contributed by atoms with Gasteiger partial charge in [-0.2, -0.15) is 0 Å². The van der Waals surface area contributed by atoms with Crippen LogP contribution in [0.4, 0.5) is 5.00 Å². The molecule has 9 heteroatoms. The van der Waals surface area contributed by atoms with Crippen LogP contribution in [0.25, 0.3) is 0 Å². The van der Waals surface area contributed by atoms with Crippen molar-refractivity contribution in [3.8, 4) is 0 Å². The van der Waals surface area contributed by atoms with Crippen molar-refractivity contribution >= 4 is 56.1 Å². The lowest BCUT2D eigenvalue weighted by atomic mass is 10.1. The minimum absolute atomic E-state index is 0. The molecule has 1 aromatic carbocycles. The number of anilines is 1. The molecular formula is C19H27IN4O2S2. The second-order valence-corrected chi connectivity index (χ2v) is 9.52. The third kappa shape index (κ3) is 6.35. The Morgan fingerprint density at radius 2 is 1.89 bits per heavy atom. The molecule has 154 valence electrons. The van der Waals surface area contributed by atoms with Crippen LogP contribution >= 0.6 is 35.3 Å². The van der Waals surface area contributed by atoms with Crippen LogP contribution in [0.2, 0.25) is 0 Å². The summed E-state index contributed by atoms with van der Waals surface area (Å²) in [5.74, 6) is 0.696. The quantitative estimate of drug-likeness (QED) is 0.339. The largest absolute Gasteiger partial charge is 0.363 e. The Morgan fingerprint density at radius 3 is 2.50 bits per heavy atom. The van der Waals surface area contributed by atoms with Gasteiger partial charge in [0.2, 0.25) is 0 Å². The van der Waals surface area contributed by atoms with Crippen molar-refractivity contribution in [3.63, 3.8) is 0 Å². The van der Waals surface area contributed by atoms with Crippen LogP contribution in [-0.2, 0) is 9.84 Å². The fourth-order valence-electron chi connectivity index (χ4n) is 3.13. The minimum atomic E-state index is -3.28. The molecule has 1 aliphatic rings. The number of piperidine rings is 1. The van der Waals surface area contributed by atoms with Crippen LogP contribution in [0.3, 0.4) is 0 Å². The van der Waals surface area contributed by atoms with Gasteiger partial charge >= 0.3 is 0 Å². The van der Waals surface area contributed by atoms with E-state index in [0.717, 1.165) is 25.9 Å². The molecule has 6 nitrogen and oxygen atoms in total. The van der Waals surface area contributed by atoms with E-state index in [9.17, 15) is 8.42 Å². The van der Waals surface area contributed by atoms with Crippen LogP contribution in [0.5, 0.6) is 0 Å². The molecular weight excluding hydrogens is 507 g/mol. The molecule has 1 aromatic heterocycles. The van der Waals surface area contributed by atoms with Gasteiger partial charge in [-0.3, -0.25) is 4.99 Å². The molecule has 0 aliphatic carbocycles. The number of benzene rings is 1. The van der Waals surface area contributed by atoms with Crippen LogP contribution in [-0.4, -0.2) is 52.9 Å². The molecule has 0 unspecified atom stereocenters. The van der Waals surface area contributed by atoms with Gasteiger partial charge in [0.15, 0.2) is 15.8 Å². The second kappa shape index (κ2) is 11.0. The first-order valence-corrected chi connectivity index (χ1v) is 11.6. The Kier molecular flexibility index (Phi) is 9.03. The Hall–Kier alpha value is -1.33. The number of rotatable bonds is 6. The highest BCUT2D eigenvalue weighted by Gasteiger charge is 2.21. The number of guanidine groups is 1. The van der Waals surface area contributed by atoms with Crippen molar-refractivity contribution in [3.05, 3.63) is 47.8 Å².